The smallest absolute Gasteiger partial charge is 0.353 e. The number of carboxylic acids is 1. The standard InChI is InChI=1S/C12H10N4O5/c1-6-2-7(4-8(3-6)16(20)21)11(17)13-10-5-9(12(18)19)14-15-10/h2-5H,1H3,(H,18,19)(H2,13,14,15,17). The van der Waals surface area contributed by atoms with Gasteiger partial charge in [-0.2, -0.15) is 5.10 Å². The number of hydrogen-bond acceptors (Lipinski definition) is 5. The average Bonchev–Trinajstić information content (AvgIpc) is 2.86. The van der Waals surface area contributed by atoms with E-state index in [9.17, 15) is 19.7 Å². The van der Waals surface area contributed by atoms with Gasteiger partial charge in [0.05, 0.1) is 4.92 Å². The summed E-state index contributed by atoms with van der Waals surface area (Å²) < 4.78 is 0. The lowest BCUT2D eigenvalue weighted by Gasteiger charge is -2.03. The van der Waals surface area contributed by atoms with E-state index in [1.54, 1.807) is 6.92 Å². The van der Waals surface area contributed by atoms with Crippen LogP contribution in [0.25, 0.3) is 0 Å². The third-order valence-corrected chi connectivity index (χ3v) is 2.58. The van der Waals surface area contributed by atoms with Gasteiger partial charge in [-0.3, -0.25) is 20.0 Å². The Balaban J connectivity index is 2.23. The summed E-state index contributed by atoms with van der Waals surface area (Å²) in [6.45, 7) is 1.63. The molecule has 0 unspecified atom stereocenters. The number of amides is 1. The highest BCUT2D eigenvalue weighted by Gasteiger charge is 2.15. The molecule has 1 aromatic carbocycles. The maximum atomic E-state index is 12.0. The van der Waals surface area contributed by atoms with Crippen LogP contribution in [0.1, 0.15) is 26.4 Å². The quantitative estimate of drug-likeness (QED) is 0.577. The molecule has 2 rings (SSSR count). The molecule has 0 saturated carbocycles. The van der Waals surface area contributed by atoms with Crippen molar-refractivity contribution in [1.29, 1.82) is 0 Å². The van der Waals surface area contributed by atoms with Crippen molar-refractivity contribution in [3.05, 3.63) is 51.2 Å². The number of aromatic amines is 1. The minimum Gasteiger partial charge on any atom is -0.477 e. The molecule has 1 heterocycles. The Labute approximate surface area is 117 Å². The van der Waals surface area contributed by atoms with Crippen LogP contribution in [0.5, 0.6) is 0 Å². The molecule has 0 saturated heterocycles. The molecule has 1 amide bonds. The van der Waals surface area contributed by atoms with Crippen LogP contribution in [-0.2, 0) is 0 Å². The summed E-state index contributed by atoms with van der Waals surface area (Å²) in [6.07, 6.45) is 0. The normalized spacial score (nSPS) is 10.1. The summed E-state index contributed by atoms with van der Waals surface area (Å²) in [5.41, 5.74) is 0.262. The lowest BCUT2D eigenvalue weighted by Crippen LogP contribution is -2.12. The van der Waals surface area contributed by atoms with Crippen LogP contribution < -0.4 is 5.32 Å². The molecule has 0 aliphatic rings. The van der Waals surface area contributed by atoms with E-state index < -0.39 is 16.8 Å². The van der Waals surface area contributed by atoms with Crippen molar-refractivity contribution in [2.45, 2.75) is 6.92 Å². The summed E-state index contributed by atoms with van der Waals surface area (Å²) in [4.78, 5) is 32.8. The average molecular weight is 290 g/mol. The number of nitro groups is 1. The molecule has 108 valence electrons. The highest BCUT2D eigenvalue weighted by atomic mass is 16.6. The van der Waals surface area contributed by atoms with E-state index in [0.29, 0.717) is 5.56 Å². The van der Waals surface area contributed by atoms with Crippen LogP contribution in [0, 0.1) is 17.0 Å². The second kappa shape index (κ2) is 5.41. The molecule has 9 nitrogen and oxygen atoms in total. The van der Waals surface area contributed by atoms with Gasteiger partial charge in [0.25, 0.3) is 11.6 Å². The minimum atomic E-state index is -1.21. The van der Waals surface area contributed by atoms with E-state index in [1.165, 1.54) is 12.1 Å². The van der Waals surface area contributed by atoms with Crippen LogP contribution in [-0.4, -0.2) is 32.1 Å². The molecule has 9 heteroatoms. The molecular weight excluding hydrogens is 280 g/mol. The first-order chi connectivity index (χ1) is 9.86. The van der Waals surface area contributed by atoms with E-state index in [0.717, 1.165) is 12.1 Å². The van der Waals surface area contributed by atoms with Crippen LogP contribution in [0.4, 0.5) is 11.5 Å². The summed E-state index contributed by atoms with van der Waals surface area (Å²) in [6, 6.07) is 5.10. The summed E-state index contributed by atoms with van der Waals surface area (Å²) >= 11 is 0. The number of nitrogens with one attached hydrogen (secondary N) is 2. The number of aromatic carboxylic acids is 1. The van der Waals surface area contributed by atoms with Gasteiger partial charge in [-0.05, 0) is 18.6 Å². The first kappa shape index (κ1) is 14.2. The van der Waals surface area contributed by atoms with Crippen molar-refractivity contribution in [1.82, 2.24) is 10.2 Å². The SMILES string of the molecule is Cc1cc(C(=O)Nc2cc(C(=O)O)[nH]n2)cc([N+](=O)[O-])c1. The molecule has 0 radical (unpaired) electrons. The predicted molar refractivity (Wildman–Crippen MR) is 71.3 cm³/mol. The van der Waals surface area contributed by atoms with Gasteiger partial charge >= 0.3 is 5.97 Å². The molecule has 0 aliphatic carbocycles. The third kappa shape index (κ3) is 3.21. The van der Waals surface area contributed by atoms with Crippen LogP contribution in [0.3, 0.4) is 0 Å². The number of aryl methyl sites for hydroxylation is 1. The molecule has 0 fully saturated rings. The Kier molecular flexibility index (Phi) is 3.65. The Bertz CT molecular complexity index is 737. The monoisotopic (exact) mass is 290 g/mol. The lowest BCUT2D eigenvalue weighted by atomic mass is 10.1. The van der Waals surface area contributed by atoms with Gasteiger partial charge in [-0.25, -0.2) is 4.79 Å². The van der Waals surface area contributed by atoms with Gasteiger partial charge in [0.1, 0.15) is 5.69 Å². The van der Waals surface area contributed by atoms with E-state index in [2.05, 4.69) is 15.5 Å². The maximum Gasteiger partial charge on any atom is 0.353 e. The van der Waals surface area contributed by atoms with Crippen molar-refractivity contribution < 1.29 is 19.6 Å². The number of non-ortho nitro benzene ring substituents is 1. The number of anilines is 1. The van der Waals surface area contributed by atoms with E-state index in [4.69, 9.17) is 5.11 Å². The first-order valence-electron chi connectivity index (χ1n) is 5.73. The van der Waals surface area contributed by atoms with E-state index >= 15 is 0 Å². The van der Waals surface area contributed by atoms with Crippen LogP contribution in [0.15, 0.2) is 24.3 Å². The van der Waals surface area contributed by atoms with Crippen LogP contribution in [0.2, 0.25) is 0 Å². The molecule has 0 atom stereocenters. The number of nitrogens with zero attached hydrogens (tertiary/aromatic N) is 2. The number of hydrogen-bond donors (Lipinski definition) is 3. The maximum absolute atomic E-state index is 12.0. The molecular formula is C12H10N4O5. The number of rotatable bonds is 4. The van der Waals surface area contributed by atoms with Crippen molar-refractivity contribution in [3.63, 3.8) is 0 Å². The van der Waals surface area contributed by atoms with E-state index in [1.807, 2.05) is 0 Å². The number of H-pyrrole nitrogens is 1. The van der Waals surface area contributed by atoms with Gasteiger partial charge in [-0.15, -0.1) is 0 Å². The Morgan fingerprint density at radius 1 is 1.33 bits per heavy atom. The largest absolute Gasteiger partial charge is 0.477 e. The summed E-state index contributed by atoms with van der Waals surface area (Å²) in [5, 5.41) is 27.7. The molecule has 1 aromatic heterocycles. The molecule has 2 aromatic rings. The van der Waals surface area contributed by atoms with Gasteiger partial charge < -0.3 is 10.4 Å². The second-order valence-corrected chi connectivity index (χ2v) is 4.24. The number of nitro benzene ring substituents is 1. The summed E-state index contributed by atoms with van der Waals surface area (Å²) in [7, 11) is 0. The Hall–Kier alpha value is -3.23. The van der Waals surface area contributed by atoms with Crippen molar-refractivity contribution >= 4 is 23.4 Å². The fourth-order valence-electron chi connectivity index (χ4n) is 1.68. The zero-order chi connectivity index (χ0) is 15.6. The summed E-state index contributed by atoms with van der Waals surface area (Å²) in [5.74, 6) is -1.82. The topological polar surface area (TPSA) is 138 Å². The number of benzene rings is 1. The van der Waals surface area contributed by atoms with E-state index in [-0.39, 0.29) is 22.8 Å². The van der Waals surface area contributed by atoms with Gasteiger partial charge in [0.15, 0.2) is 5.82 Å². The van der Waals surface area contributed by atoms with Crippen LogP contribution >= 0.6 is 0 Å². The molecule has 21 heavy (non-hydrogen) atoms. The highest BCUT2D eigenvalue weighted by Crippen LogP contribution is 2.18. The number of carbonyl (C=O) groups is 2. The molecule has 3 N–H and O–H groups in total. The van der Waals surface area contributed by atoms with Gasteiger partial charge in [0, 0.05) is 23.8 Å². The number of carboxylic acid groups (broad SMARTS) is 1. The highest BCUT2D eigenvalue weighted by molar-refractivity contribution is 6.04. The molecule has 0 aliphatic heterocycles. The second-order valence-electron chi connectivity index (χ2n) is 4.24. The fraction of sp³-hybridized carbons (Fsp3) is 0.0833. The molecule has 0 bridgehead atoms. The lowest BCUT2D eigenvalue weighted by molar-refractivity contribution is -0.384. The Morgan fingerprint density at radius 2 is 2.05 bits per heavy atom. The van der Waals surface area contributed by atoms with Crippen molar-refractivity contribution in [2.75, 3.05) is 5.32 Å². The van der Waals surface area contributed by atoms with Gasteiger partial charge in [0.2, 0.25) is 0 Å². The Morgan fingerprint density at radius 3 is 2.62 bits per heavy atom. The number of carbonyl (C=O) groups excluding carboxylic acids is 1. The zero-order valence-corrected chi connectivity index (χ0v) is 10.8. The predicted octanol–water partition coefficient (Wildman–Crippen LogP) is 1.58. The zero-order valence-electron chi connectivity index (χ0n) is 10.8. The number of aromatic nitrogens is 2. The van der Waals surface area contributed by atoms with Gasteiger partial charge in [-0.1, -0.05) is 0 Å². The van der Waals surface area contributed by atoms with Crippen molar-refractivity contribution in [2.24, 2.45) is 0 Å². The molecule has 0 spiro atoms. The fourth-order valence-corrected chi connectivity index (χ4v) is 1.68. The third-order valence-electron chi connectivity index (χ3n) is 2.58. The minimum absolute atomic E-state index is 0.0153. The van der Waals surface area contributed by atoms with Crippen molar-refractivity contribution in [3.8, 4) is 0 Å². The first-order valence-corrected chi connectivity index (χ1v) is 5.73.